The van der Waals surface area contributed by atoms with Crippen molar-refractivity contribution in [2.24, 2.45) is 0 Å². The van der Waals surface area contributed by atoms with Crippen molar-refractivity contribution in [3.63, 3.8) is 0 Å². The standard InChI is InChI=1S/C10H12N4O4S/c15-2-5-4(16)1-6(18-5)14-3-11-7-8(14)12-10(19)13-9(7)17/h3-6,15-16H,1-2H2,(H2,12,13,17,19)/t4?,5-,6-/m1/s1. The zero-order valence-electron chi connectivity index (χ0n) is 9.74. The number of hydrogen-bond donors (Lipinski definition) is 4. The lowest BCUT2D eigenvalue weighted by molar-refractivity contribution is -0.0432. The van der Waals surface area contributed by atoms with Crippen LogP contribution in [0.5, 0.6) is 0 Å². The van der Waals surface area contributed by atoms with Crippen molar-refractivity contribution < 1.29 is 14.9 Å². The Morgan fingerprint density at radius 3 is 3.05 bits per heavy atom. The van der Waals surface area contributed by atoms with Crippen LogP contribution in [-0.2, 0) is 4.74 Å². The van der Waals surface area contributed by atoms with E-state index in [1.807, 2.05) is 0 Å². The molecule has 0 bridgehead atoms. The number of fused-ring (bicyclic) bond motifs is 1. The van der Waals surface area contributed by atoms with E-state index in [0.29, 0.717) is 12.1 Å². The number of aliphatic hydroxyl groups is 2. The van der Waals surface area contributed by atoms with Crippen LogP contribution in [0.2, 0.25) is 0 Å². The molecule has 0 amide bonds. The topological polar surface area (TPSA) is 116 Å². The van der Waals surface area contributed by atoms with Crippen molar-refractivity contribution in [2.45, 2.75) is 24.9 Å². The molecule has 0 aliphatic carbocycles. The van der Waals surface area contributed by atoms with Crippen molar-refractivity contribution in [1.82, 2.24) is 19.5 Å². The number of aromatic amines is 2. The molecule has 1 aliphatic rings. The normalized spacial score (nSPS) is 27.2. The molecule has 0 saturated carbocycles. The molecule has 1 unspecified atom stereocenters. The van der Waals surface area contributed by atoms with Crippen LogP contribution in [0.1, 0.15) is 12.6 Å². The van der Waals surface area contributed by atoms with E-state index in [0.717, 1.165) is 0 Å². The van der Waals surface area contributed by atoms with Crippen molar-refractivity contribution in [2.75, 3.05) is 6.61 Å². The van der Waals surface area contributed by atoms with Gasteiger partial charge in [0.15, 0.2) is 10.3 Å². The van der Waals surface area contributed by atoms with Gasteiger partial charge in [-0.05, 0) is 12.2 Å². The number of rotatable bonds is 2. The van der Waals surface area contributed by atoms with Gasteiger partial charge < -0.3 is 19.9 Å². The maximum atomic E-state index is 11.7. The predicted octanol–water partition coefficient (Wildman–Crippen LogP) is -0.577. The molecule has 0 radical (unpaired) electrons. The Labute approximate surface area is 111 Å². The minimum absolute atomic E-state index is 0.191. The van der Waals surface area contributed by atoms with Crippen LogP contribution in [-0.4, -0.2) is 48.5 Å². The Morgan fingerprint density at radius 2 is 2.37 bits per heavy atom. The molecular weight excluding hydrogens is 272 g/mol. The molecule has 2 aromatic heterocycles. The van der Waals surface area contributed by atoms with Gasteiger partial charge in [-0.2, -0.15) is 0 Å². The molecule has 19 heavy (non-hydrogen) atoms. The van der Waals surface area contributed by atoms with E-state index in [1.165, 1.54) is 6.33 Å². The number of imidazole rings is 1. The molecule has 2 aromatic rings. The summed E-state index contributed by atoms with van der Waals surface area (Å²) in [5.74, 6) is 0. The maximum Gasteiger partial charge on any atom is 0.279 e. The second-order valence-electron chi connectivity index (χ2n) is 4.37. The minimum atomic E-state index is -0.752. The molecule has 1 saturated heterocycles. The van der Waals surface area contributed by atoms with E-state index in [2.05, 4.69) is 15.0 Å². The molecular formula is C10H12N4O4S. The molecule has 1 fully saturated rings. The number of nitrogens with zero attached hydrogens (tertiary/aromatic N) is 2. The number of hydrogen-bond acceptors (Lipinski definition) is 6. The highest BCUT2D eigenvalue weighted by Gasteiger charge is 2.35. The molecule has 8 nitrogen and oxygen atoms in total. The first kappa shape index (κ1) is 12.5. The van der Waals surface area contributed by atoms with Crippen LogP contribution in [0.3, 0.4) is 0 Å². The molecule has 3 heterocycles. The lowest BCUT2D eigenvalue weighted by Crippen LogP contribution is -2.24. The SMILES string of the molecule is O=c1[nH]c(=S)[nH]c2c1ncn2[C@H]1CC(O)[C@@H](CO)O1. The van der Waals surface area contributed by atoms with E-state index in [1.54, 1.807) is 4.57 Å². The van der Waals surface area contributed by atoms with E-state index in [9.17, 15) is 9.90 Å². The molecule has 4 N–H and O–H groups in total. The number of nitrogens with one attached hydrogen (secondary N) is 2. The van der Waals surface area contributed by atoms with Crippen molar-refractivity contribution in [1.29, 1.82) is 0 Å². The third kappa shape index (κ3) is 2.00. The van der Waals surface area contributed by atoms with Crippen molar-refractivity contribution in [3.05, 3.63) is 21.5 Å². The first-order valence-corrected chi connectivity index (χ1v) is 6.14. The molecule has 3 rings (SSSR count). The predicted molar refractivity (Wildman–Crippen MR) is 67.2 cm³/mol. The summed E-state index contributed by atoms with van der Waals surface area (Å²) in [5, 5.41) is 18.8. The summed E-state index contributed by atoms with van der Waals surface area (Å²) < 4.78 is 7.30. The lowest BCUT2D eigenvalue weighted by Gasteiger charge is -2.13. The summed E-state index contributed by atoms with van der Waals surface area (Å²) in [5.41, 5.74) is 0.276. The second kappa shape index (κ2) is 4.53. The fraction of sp³-hybridized carbons (Fsp3) is 0.500. The van der Waals surface area contributed by atoms with Crippen LogP contribution < -0.4 is 5.56 Å². The molecule has 1 aliphatic heterocycles. The number of ether oxygens (including phenoxy) is 1. The molecule has 0 spiro atoms. The van der Waals surface area contributed by atoms with Gasteiger partial charge in [0, 0.05) is 6.42 Å². The smallest absolute Gasteiger partial charge is 0.279 e. The third-order valence-corrected chi connectivity index (χ3v) is 3.37. The summed E-state index contributed by atoms with van der Waals surface area (Å²) >= 11 is 4.91. The van der Waals surface area contributed by atoms with Gasteiger partial charge in [-0.3, -0.25) is 14.3 Å². The minimum Gasteiger partial charge on any atom is -0.394 e. The quantitative estimate of drug-likeness (QED) is 0.548. The summed E-state index contributed by atoms with van der Waals surface area (Å²) in [6, 6.07) is 0. The first-order valence-electron chi connectivity index (χ1n) is 5.73. The Balaban J connectivity index is 2.07. The summed E-state index contributed by atoms with van der Waals surface area (Å²) in [6.45, 7) is -0.263. The molecule has 9 heteroatoms. The fourth-order valence-electron chi connectivity index (χ4n) is 2.22. The average molecular weight is 284 g/mol. The fourth-order valence-corrected chi connectivity index (χ4v) is 2.41. The number of H-pyrrole nitrogens is 2. The van der Waals surface area contributed by atoms with E-state index < -0.39 is 18.4 Å². The Morgan fingerprint density at radius 1 is 1.58 bits per heavy atom. The number of aromatic nitrogens is 4. The van der Waals surface area contributed by atoms with Crippen LogP contribution in [0.15, 0.2) is 11.1 Å². The van der Waals surface area contributed by atoms with Crippen LogP contribution in [0.4, 0.5) is 0 Å². The monoisotopic (exact) mass is 284 g/mol. The van der Waals surface area contributed by atoms with Crippen molar-refractivity contribution in [3.8, 4) is 0 Å². The zero-order valence-corrected chi connectivity index (χ0v) is 10.6. The van der Waals surface area contributed by atoms with Crippen LogP contribution in [0, 0.1) is 4.77 Å². The van der Waals surface area contributed by atoms with Gasteiger partial charge >= 0.3 is 0 Å². The van der Waals surface area contributed by atoms with Gasteiger partial charge in [-0.25, -0.2) is 4.98 Å². The highest BCUT2D eigenvalue weighted by Crippen LogP contribution is 2.29. The largest absolute Gasteiger partial charge is 0.394 e. The first-order chi connectivity index (χ1) is 9.10. The van der Waals surface area contributed by atoms with Gasteiger partial charge in [-0.1, -0.05) is 0 Å². The molecule has 102 valence electrons. The van der Waals surface area contributed by atoms with Gasteiger partial charge in [-0.15, -0.1) is 0 Å². The zero-order chi connectivity index (χ0) is 13.6. The van der Waals surface area contributed by atoms with Gasteiger partial charge in [0.25, 0.3) is 5.56 Å². The average Bonchev–Trinajstić information content (AvgIpc) is 2.92. The van der Waals surface area contributed by atoms with Gasteiger partial charge in [0.05, 0.1) is 19.0 Å². The summed E-state index contributed by atoms with van der Waals surface area (Å²) in [6.07, 6.45) is -0.124. The third-order valence-electron chi connectivity index (χ3n) is 3.16. The maximum absolute atomic E-state index is 11.7. The van der Waals surface area contributed by atoms with Gasteiger partial charge in [0.1, 0.15) is 18.0 Å². The van der Waals surface area contributed by atoms with E-state index in [-0.39, 0.29) is 22.5 Å². The summed E-state index contributed by atoms with van der Waals surface area (Å²) in [4.78, 5) is 20.9. The molecule has 0 aromatic carbocycles. The van der Waals surface area contributed by atoms with E-state index >= 15 is 0 Å². The highest BCUT2D eigenvalue weighted by molar-refractivity contribution is 7.71. The summed E-state index contributed by atoms with van der Waals surface area (Å²) in [7, 11) is 0. The van der Waals surface area contributed by atoms with Gasteiger partial charge in [0.2, 0.25) is 0 Å². The van der Waals surface area contributed by atoms with Crippen LogP contribution in [0.25, 0.3) is 11.2 Å². The molecule has 3 atom stereocenters. The Hall–Kier alpha value is -1.55. The lowest BCUT2D eigenvalue weighted by atomic mass is 10.2. The highest BCUT2D eigenvalue weighted by atomic mass is 32.1. The van der Waals surface area contributed by atoms with Crippen molar-refractivity contribution >= 4 is 23.4 Å². The van der Waals surface area contributed by atoms with E-state index in [4.69, 9.17) is 22.1 Å². The Bertz CT molecular complexity index is 720. The van der Waals surface area contributed by atoms with Crippen LogP contribution >= 0.6 is 12.2 Å². The second-order valence-corrected chi connectivity index (χ2v) is 4.78. The number of aliphatic hydroxyl groups excluding tert-OH is 2. The Kier molecular flexibility index (Phi) is 2.97.